The normalized spacial score (nSPS) is 10.3. The van der Waals surface area contributed by atoms with E-state index in [-0.39, 0.29) is 11.5 Å². The van der Waals surface area contributed by atoms with Crippen LogP contribution in [0, 0.1) is 6.92 Å². The summed E-state index contributed by atoms with van der Waals surface area (Å²) in [6, 6.07) is 8.89. The van der Waals surface area contributed by atoms with Crippen molar-refractivity contribution < 1.29 is 14.7 Å². The van der Waals surface area contributed by atoms with Crippen molar-refractivity contribution in [3.05, 3.63) is 51.7 Å². The van der Waals surface area contributed by atoms with Gasteiger partial charge >= 0.3 is 5.97 Å². The second-order valence-corrected chi connectivity index (χ2v) is 5.85. The van der Waals surface area contributed by atoms with E-state index in [0.29, 0.717) is 17.7 Å². The third-order valence-corrected chi connectivity index (χ3v) is 4.08. The molecule has 1 aromatic carbocycles. The minimum Gasteiger partial charge on any atom is -0.478 e. The predicted molar refractivity (Wildman–Crippen MR) is 84.0 cm³/mol. The molecule has 1 heterocycles. The number of carboxylic acid groups (broad SMARTS) is 1. The summed E-state index contributed by atoms with van der Waals surface area (Å²) in [6.45, 7) is 1.72. The van der Waals surface area contributed by atoms with Crippen LogP contribution in [-0.4, -0.2) is 17.0 Å². The summed E-state index contributed by atoms with van der Waals surface area (Å²) in [5, 5.41) is 13.8. The Bertz CT molecular complexity index is 635. The van der Waals surface area contributed by atoms with Crippen LogP contribution in [-0.2, 0) is 11.2 Å². The molecule has 2 rings (SSSR count). The predicted octanol–water partition coefficient (Wildman–Crippen LogP) is 3.72. The lowest BCUT2D eigenvalue weighted by molar-refractivity contribution is -0.116. The fraction of sp³-hybridized carbons (Fsp3) is 0.250. The highest BCUT2D eigenvalue weighted by Crippen LogP contribution is 2.16. The zero-order valence-corrected chi connectivity index (χ0v) is 12.6. The van der Waals surface area contributed by atoms with Crippen molar-refractivity contribution in [1.29, 1.82) is 0 Å². The first-order chi connectivity index (χ1) is 10.1. The van der Waals surface area contributed by atoms with Crippen molar-refractivity contribution in [3.63, 3.8) is 0 Å². The number of aromatic carboxylic acids is 1. The fourth-order valence-corrected chi connectivity index (χ4v) is 2.83. The number of thiophene rings is 1. The Morgan fingerprint density at radius 1 is 1.29 bits per heavy atom. The molecule has 0 fully saturated rings. The Balaban J connectivity index is 1.85. The van der Waals surface area contributed by atoms with E-state index >= 15 is 0 Å². The molecule has 5 heteroatoms. The molecule has 0 atom stereocenters. The number of rotatable bonds is 6. The maximum absolute atomic E-state index is 11.8. The number of benzene rings is 1. The molecule has 1 amide bonds. The third kappa shape index (κ3) is 4.43. The summed E-state index contributed by atoms with van der Waals surface area (Å²) in [7, 11) is 0. The van der Waals surface area contributed by atoms with Crippen LogP contribution in [0.3, 0.4) is 0 Å². The van der Waals surface area contributed by atoms with E-state index < -0.39 is 5.97 Å². The lowest BCUT2D eigenvalue weighted by Crippen LogP contribution is -2.12. The van der Waals surface area contributed by atoms with Gasteiger partial charge in [-0.25, -0.2) is 4.79 Å². The van der Waals surface area contributed by atoms with Crippen LogP contribution >= 0.6 is 11.3 Å². The topological polar surface area (TPSA) is 66.4 Å². The highest BCUT2D eigenvalue weighted by Gasteiger charge is 2.08. The summed E-state index contributed by atoms with van der Waals surface area (Å²) in [6.07, 6.45) is 2.16. The molecule has 2 aromatic rings. The molecule has 0 spiro atoms. The first-order valence-electron chi connectivity index (χ1n) is 6.72. The van der Waals surface area contributed by atoms with E-state index in [9.17, 15) is 9.59 Å². The summed E-state index contributed by atoms with van der Waals surface area (Å²) in [5.41, 5.74) is 1.53. The lowest BCUT2D eigenvalue weighted by Gasteiger charge is -2.07. The van der Waals surface area contributed by atoms with Crippen LogP contribution in [0.25, 0.3) is 0 Å². The van der Waals surface area contributed by atoms with E-state index in [2.05, 4.69) is 11.4 Å². The summed E-state index contributed by atoms with van der Waals surface area (Å²) in [5.74, 6) is -1.00. The third-order valence-electron chi connectivity index (χ3n) is 3.15. The number of carbonyl (C=O) groups is 2. The van der Waals surface area contributed by atoms with Crippen molar-refractivity contribution in [2.24, 2.45) is 0 Å². The van der Waals surface area contributed by atoms with Crippen molar-refractivity contribution in [1.82, 2.24) is 0 Å². The van der Waals surface area contributed by atoms with Gasteiger partial charge in [0, 0.05) is 17.0 Å². The van der Waals surface area contributed by atoms with E-state index in [1.165, 1.54) is 10.9 Å². The molecule has 0 saturated heterocycles. The van der Waals surface area contributed by atoms with E-state index in [0.717, 1.165) is 12.8 Å². The van der Waals surface area contributed by atoms with Gasteiger partial charge in [0.2, 0.25) is 5.91 Å². The number of anilines is 1. The Morgan fingerprint density at radius 3 is 2.71 bits per heavy atom. The Hall–Kier alpha value is -2.14. The van der Waals surface area contributed by atoms with Crippen molar-refractivity contribution in [3.8, 4) is 0 Å². The monoisotopic (exact) mass is 303 g/mol. The highest BCUT2D eigenvalue weighted by molar-refractivity contribution is 7.09. The van der Waals surface area contributed by atoms with Crippen LogP contribution in [0.15, 0.2) is 35.7 Å². The number of nitrogens with one attached hydrogen (secondary N) is 1. The van der Waals surface area contributed by atoms with E-state index in [1.54, 1.807) is 30.4 Å². The van der Waals surface area contributed by atoms with Crippen molar-refractivity contribution >= 4 is 28.9 Å². The molecule has 0 unspecified atom stereocenters. The minimum atomic E-state index is -0.957. The van der Waals surface area contributed by atoms with Gasteiger partial charge in [0.25, 0.3) is 0 Å². The summed E-state index contributed by atoms with van der Waals surface area (Å²) < 4.78 is 0. The van der Waals surface area contributed by atoms with Crippen LogP contribution in [0.1, 0.15) is 33.6 Å². The molecule has 0 saturated carbocycles. The zero-order valence-electron chi connectivity index (χ0n) is 11.8. The molecule has 2 N–H and O–H groups in total. The Labute approximate surface area is 127 Å². The number of amides is 1. The maximum Gasteiger partial charge on any atom is 0.335 e. The molecule has 0 aliphatic carbocycles. The summed E-state index contributed by atoms with van der Waals surface area (Å²) in [4.78, 5) is 24.1. The van der Waals surface area contributed by atoms with Gasteiger partial charge in [-0.3, -0.25) is 4.79 Å². The minimum absolute atomic E-state index is 0.0472. The second-order valence-electron chi connectivity index (χ2n) is 4.82. The largest absolute Gasteiger partial charge is 0.478 e. The molecular formula is C16H17NO3S. The fourth-order valence-electron chi connectivity index (χ4n) is 2.08. The molecule has 21 heavy (non-hydrogen) atoms. The van der Waals surface area contributed by atoms with Crippen LogP contribution in [0.4, 0.5) is 5.69 Å². The summed E-state index contributed by atoms with van der Waals surface area (Å²) >= 11 is 1.70. The second kappa shape index (κ2) is 7.04. The molecule has 0 bridgehead atoms. The maximum atomic E-state index is 11.8. The number of hydrogen-bond donors (Lipinski definition) is 2. The molecular weight excluding hydrogens is 286 g/mol. The lowest BCUT2D eigenvalue weighted by atomic mass is 10.1. The van der Waals surface area contributed by atoms with E-state index in [4.69, 9.17) is 5.11 Å². The van der Waals surface area contributed by atoms with Crippen LogP contribution in [0.5, 0.6) is 0 Å². The van der Waals surface area contributed by atoms with Gasteiger partial charge < -0.3 is 10.4 Å². The van der Waals surface area contributed by atoms with Crippen LogP contribution in [0.2, 0.25) is 0 Å². The smallest absolute Gasteiger partial charge is 0.335 e. The van der Waals surface area contributed by atoms with Crippen LogP contribution < -0.4 is 5.32 Å². The average molecular weight is 303 g/mol. The van der Waals surface area contributed by atoms with Gasteiger partial charge in [-0.2, -0.15) is 0 Å². The SMILES string of the molecule is Cc1cc(NC(=O)CCCc2cccs2)ccc1C(=O)O. The van der Waals surface area contributed by atoms with Gasteiger partial charge in [-0.05, 0) is 55.0 Å². The van der Waals surface area contributed by atoms with Crippen molar-refractivity contribution in [2.45, 2.75) is 26.2 Å². The van der Waals surface area contributed by atoms with E-state index in [1.807, 2.05) is 11.4 Å². The molecule has 110 valence electrons. The quantitative estimate of drug-likeness (QED) is 0.854. The molecule has 4 nitrogen and oxygen atoms in total. The van der Waals surface area contributed by atoms with Gasteiger partial charge in [0.05, 0.1) is 5.56 Å². The number of carbonyl (C=O) groups excluding carboxylic acids is 1. The van der Waals surface area contributed by atoms with Gasteiger partial charge in [-0.1, -0.05) is 6.07 Å². The molecule has 0 aliphatic heterocycles. The zero-order chi connectivity index (χ0) is 15.2. The standard InChI is InChI=1S/C16H17NO3S/c1-11-10-12(7-8-14(11)16(19)20)17-15(18)6-2-4-13-5-3-9-21-13/h3,5,7-10H,2,4,6H2,1H3,(H,17,18)(H,19,20). The highest BCUT2D eigenvalue weighted by atomic mass is 32.1. The van der Waals surface area contributed by atoms with Gasteiger partial charge in [0.1, 0.15) is 0 Å². The number of carboxylic acids is 1. The van der Waals surface area contributed by atoms with Gasteiger partial charge in [0.15, 0.2) is 0 Å². The molecule has 1 aromatic heterocycles. The Kier molecular flexibility index (Phi) is 5.11. The molecule has 0 aliphatic rings. The first kappa shape index (κ1) is 15.3. The average Bonchev–Trinajstić information content (AvgIpc) is 2.91. The Morgan fingerprint density at radius 2 is 2.10 bits per heavy atom. The number of hydrogen-bond acceptors (Lipinski definition) is 3. The van der Waals surface area contributed by atoms with Gasteiger partial charge in [-0.15, -0.1) is 11.3 Å². The van der Waals surface area contributed by atoms with Crippen molar-refractivity contribution in [2.75, 3.05) is 5.32 Å². The molecule has 0 radical (unpaired) electrons. The number of aryl methyl sites for hydroxylation is 2. The first-order valence-corrected chi connectivity index (χ1v) is 7.60.